The van der Waals surface area contributed by atoms with Gasteiger partial charge in [-0.05, 0) is 37.6 Å². The van der Waals surface area contributed by atoms with Crippen molar-refractivity contribution in [2.75, 3.05) is 5.32 Å². The topological polar surface area (TPSA) is 55.1 Å². The number of amides is 1. The van der Waals surface area contributed by atoms with E-state index in [0.29, 0.717) is 17.5 Å². The van der Waals surface area contributed by atoms with Gasteiger partial charge in [0.05, 0.1) is 0 Å². The maximum Gasteiger partial charge on any atom is 0.415 e. The second kappa shape index (κ2) is 4.78. The van der Waals surface area contributed by atoms with Gasteiger partial charge in [-0.1, -0.05) is 11.6 Å². The summed E-state index contributed by atoms with van der Waals surface area (Å²) in [5, 5.41) is 2.57. The normalized spacial score (nSPS) is 15.1. The largest absolute Gasteiger partial charge is 0.415 e. The average Bonchev–Trinajstić information content (AvgIpc) is 2.20. The highest BCUT2D eigenvalue weighted by Gasteiger charge is 2.54. The van der Waals surface area contributed by atoms with Crippen molar-refractivity contribution in [1.29, 1.82) is 0 Å². The van der Waals surface area contributed by atoms with E-state index in [1.165, 1.54) is 18.2 Å². The number of rotatable bonds is 2. The third-order valence-electron chi connectivity index (χ3n) is 2.50. The summed E-state index contributed by atoms with van der Waals surface area (Å²) in [6, 6.07) is 4.41. The molecule has 3 nitrogen and oxygen atoms in total. The van der Waals surface area contributed by atoms with Crippen molar-refractivity contribution in [3.63, 3.8) is 0 Å². The maximum absolute atomic E-state index is 12.5. The Morgan fingerprint density at radius 1 is 1.39 bits per heavy atom. The molecule has 1 atom stereocenters. The van der Waals surface area contributed by atoms with E-state index in [0.717, 1.165) is 0 Å². The Morgan fingerprint density at radius 3 is 2.39 bits per heavy atom. The summed E-state index contributed by atoms with van der Waals surface area (Å²) in [5.41, 5.74) is 2.85. The molecule has 1 rings (SSSR count). The first kappa shape index (κ1) is 14.8. The number of aryl methyl sites for hydroxylation is 1. The van der Waals surface area contributed by atoms with Gasteiger partial charge >= 0.3 is 6.18 Å². The summed E-state index contributed by atoms with van der Waals surface area (Å²) in [4.78, 5) is 11.5. The molecule has 0 fully saturated rings. The van der Waals surface area contributed by atoms with Crippen molar-refractivity contribution >= 4 is 23.2 Å². The number of alkyl halides is 3. The van der Waals surface area contributed by atoms with Crippen LogP contribution >= 0.6 is 11.6 Å². The molecule has 0 saturated heterocycles. The van der Waals surface area contributed by atoms with Crippen LogP contribution in [0.25, 0.3) is 0 Å². The first-order valence-electron chi connectivity index (χ1n) is 4.99. The van der Waals surface area contributed by atoms with Crippen LogP contribution in [0.3, 0.4) is 0 Å². The van der Waals surface area contributed by atoms with Crippen LogP contribution in [-0.2, 0) is 4.79 Å². The van der Waals surface area contributed by atoms with Gasteiger partial charge in [0.15, 0.2) is 5.54 Å². The van der Waals surface area contributed by atoms with Crippen molar-refractivity contribution in [1.82, 2.24) is 0 Å². The number of benzene rings is 1. The molecule has 1 unspecified atom stereocenters. The van der Waals surface area contributed by atoms with Gasteiger partial charge in [0.2, 0.25) is 0 Å². The number of nitrogens with two attached hydrogens (primary N) is 1. The Hall–Kier alpha value is -1.27. The van der Waals surface area contributed by atoms with Crippen LogP contribution in [0.1, 0.15) is 12.5 Å². The lowest BCUT2D eigenvalue weighted by Crippen LogP contribution is -2.59. The monoisotopic (exact) mass is 280 g/mol. The molecule has 7 heteroatoms. The van der Waals surface area contributed by atoms with Gasteiger partial charge in [-0.25, -0.2) is 0 Å². The molecule has 1 aromatic rings. The van der Waals surface area contributed by atoms with Crippen LogP contribution in [0, 0.1) is 6.92 Å². The molecule has 0 aliphatic rings. The first-order chi connectivity index (χ1) is 8.05. The third kappa shape index (κ3) is 2.94. The number of carbonyl (C=O) groups is 1. The molecule has 0 aliphatic heterocycles. The van der Waals surface area contributed by atoms with Crippen molar-refractivity contribution in [3.05, 3.63) is 28.8 Å². The predicted molar refractivity (Wildman–Crippen MR) is 63.5 cm³/mol. The van der Waals surface area contributed by atoms with E-state index in [9.17, 15) is 18.0 Å². The molecular formula is C11H12ClF3N2O. The maximum atomic E-state index is 12.5. The van der Waals surface area contributed by atoms with E-state index < -0.39 is 17.6 Å². The second-order valence-electron chi connectivity index (χ2n) is 4.11. The Labute approximate surface area is 107 Å². The standard InChI is InChI=1S/C11H12ClF3N2O/c1-6-5-7(12)3-4-8(6)17-9(18)10(2,16)11(13,14)15/h3-5H,16H2,1-2H3,(H,17,18). The molecule has 1 aromatic carbocycles. The fourth-order valence-electron chi connectivity index (χ4n) is 1.15. The minimum atomic E-state index is -4.82. The molecule has 0 radical (unpaired) electrons. The summed E-state index contributed by atoms with van der Waals surface area (Å²) >= 11 is 5.70. The summed E-state index contributed by atoms with van der Waals surface area (Å²) < 4.78 is 37.6. The minimum absolute atomic E-state index is 0.241. The quantitative estimate of drug-likeness (QED) is 0.875. The highest BCUT2D eigenvalue weighted by atomic mass is 35.5. The zero-order valence-electron chi connectivity index (χ0n) is 9.73. The highest BCUT2D eigenvalue weighted by molar-refractivity contribution is 6.30. The van der Waals surface area contributed by atoms with Crippen molar-refractivity contribution < 1.29 is 18.0 Å². The summed E-state index contributed by atoms with van der Waals surface area (Å²) in [5.74, 6) is -1.32. The van der Waals surface area contributed by atoms with Crippen LogP contribution in [-0.4, -0.2) is 17.6 Å². The van der Waals surface area contributed by atoms with E-state index in [1.807, 2.05) is 0 Å². The van der Waals surface area contributed by atoms with Crippen LogP contribution in [0.15, 0.2) is 18.2 Å². The van der Waals surface area contributed by atoms with Crippen LogP contribution in [0.2, 0.25) is 5.02 Å². The van der Waals surface area contributed by atoms with E-state index in [1.54, 1.807) is 6.92 Å². The SMILES string of the molecule is Cc1cc(Cl)ccc1NC(=O)C(C)(N)C(F)(F)F. The zero-order valence-corrected chi connectivity index (χ0v) is 10.5. The number of anilines is 1. The van der Waals surface area contributed by atoms with Crippen LogP contribution < -0.4 is 11.1 Å². The van der Waals surface area contributed by atoms with Crippen molar-refractivity contribution in [2.24, 2.45) is 5.73 Å². The third-order valence-corrected chi connectivity index (χ3v) is 2.73. The lowest BCUT2D eigenvalue weighted by Gasteiger charge is -2.26. The van der Waals surface area contributed by atoms with Crippen LogP contribution in [0.5, 0.6) is 0 Å². The van der Waals surface area contributed by atoms with Gasteiger partial charge in [0.25, 0.3) is 5.91 Å². The van der Waals surface area contributed by atoms with Gasteiger partial charge in [-0.15, -0.1) is 0 Å². The lowest BCUT2D eigenvalue weighted by molar-refractivity contribution is -0.184. The van der Waals surface area contributed by atoms with Gasteiger partial charge in [-0.2, -0.15) is 13.2 Å². The van der Waals surface area contributed by atoms with E-state index in [2.05, 4.69) is 5.32 Å². The number of nitrogens with one attached hydrogen (secondary N) is 1. The van der Waals surface area contributed by atoms with E-state index >= 15 is 0 Å². The smallest absolute Gasteiger partial charge is 0.324 e. The average molecular weight is 281 g/mol. The number of hydrogen-bond donors (Lipinski definition) is 2. The molecule has 0 spiro atoms. The Kier molecular flexibility index (Phi) is 3.92. The Morgan fingerprint density at radius 2 is 1.94 bits per heavy atom. The van der Waals surface area contributed by atoms with E-state index in [4.69, 9.17) is 17.3 Å². The second-order valence-corrected chi connectivity index (χ2v) is 4.55. The fraction of sp³-hybridized carbons (Fsp3) is 0.364. The Bertz CT molecular complexity index is 472. The molecule has 18 heavy (non-hydrogen) atoms. The minimum Gasteiger partial charge on any atom is -0.324 e. The summed E-state index contributed by atoms with van der Waals surface area (Å²) in [7, 11) is 0. The number of hydrogen-bond acceptors (Lipinski definition) is 2. The van der Waals surface area contributed by atoms with Crippen molar-refractivity contribution in [3.8, 4) is 0 Å². The molecule has 0 heterocycles. The van der Waals surface area contributed by atoms with E-state index in [-0.39, 0.29) is 5.69 Å². The molecule has 0 bridgehead atoms. The predicted octanol–water partition coefficient (Wildman–Crippen LogP) is 2.87. The molecule has 0 saturated carbocycles. The zero-order chi connectivity index (χ0) is 14.1. The van der Waals surface area contributed by atoms with Gasteiger partial charge in [0.1, 0.15) is 0 Å². The van der Waals surface area contributed by atoms with Gasteiger partial charge in [0, 0.05) is 10.7 Å². The van der Waals surface area contributed by atoms with Gasteiger partial charge in [-0.3, -0.25) is 4.79 Å². The number of halogens is 4. The molecule has 0 aromatic heterocycles. The lowest BCUT2D eigenvalue weighted by atomic mass is 10.0. The van der Waals surface area contributed by atoms with Gasteiger partial charge < -0.3 is 11.1 Å². The fourth-order valence-corrected chi connectivity index (χ4v) is 1.37. The number of carbonyl (C=O) groups excluding carboxylic acids is 1. The summed E-state index contributed by atoms with van der Waals surface area (Å²) in [6.45, 7) is 2.23. The summed E-state index contributed by atoms with van der Waals surface area (Å²) in [6.07, 6.45) is -4.82. The molecule has 0 aliphatic carbocycles. The molecular weight excluding hydrogens is 269 g/mol. The first-order valence-corrected chi connectivity index (χ1v) is 5.36. The molecule has 100 valence electrons. The van der Waals surface area contributed by atoms with Crippen LogP contribution in [0.4, 0.5) is 18.9 Å². The Balaban J connectivity index is 2.95. The highest BCUT2D eigenvalue weighted by Crippen LogP contribution is 2.29. The molecule has 1 amide bonds. The molecule has 3 N–H and O–H groups in total. The van der Waals surface area contributed by atoms with Crippen molar-refractivity contribution in [2.45, 2.75) is 25.6 Å².